The maximum absolute atomic E-state index is 4.28. The minimum atomic E-state index is 0.544. The summed E-state index contributed by atoms with van der Waals surface area (Å²) in [5.41, 5.74) is 1.13. The molecule has 15 heavy (non-hydrogen) atoms. The van der Waals surface area contributed by atoms with E-state index in [0.717, 1.165) is 5.71 Å². The van der Waals surface area contributed by atoms with E-state index in [1.165, 1.54) is 44.1 Å². The first-order valence-corrected chi connectivity index (χ1v) is 6.97. The van der Waals surface area contributed by atoms with Gasteiger partial charge in [-0.2, -0.15) is 0 Å². The highest BCUT2D eigenvalue weighted by molar-refractivity contribution is 7.97. The van der Waals surface area contributed by atoms with Crippen LogP contribution < -0.4 is 0 Å². The van der Waals surface area contributed by atoms with Crippen molar-refractivity contribution in [2.45, 2.75) is 46.0 Å². The van der Waals surface area contributed by atoms with Crippen molar-refractivity contribution in [3.63, 3.8) is 0 Å². The molecule has 0 aromatic carbocycles. The average molecular weight is 228 g/mol. The molecule has 0 aliphatic rings. The minimum Gasteiger partial charge on any atom is -0.291 e. The lowest BCUT2D eigenvalue weighted by molar-refractivity contribution is 0.581. The van der Waals surface area contributed by atoms with Crippen molar-refractivity contribution in [2.24, 2.45) is 15.3 Å². The predicted octanol–water partition coefficient (Wildman–Crippen LogP) is 4.01. The number of nitrogens with zero attached hydrogens (tertiary/aromatic N) is 2. The van der Waals surface area contributed by atoms with E-state index in [2.05, 4.69) is 23.2 Å². The fraction of sp³-hybridized carbons (Fsp3) is 0.833. The summed E-state index contributed by atoms with van der Waals surface area (Å²) in [7, 11) is 1.85. The summed E-state index contributed by atoms with van der Waals surface area (Å²) in [6.07, 6.45) is 10.4. The Labute approximate surface area is 98.8 Å². The molecule has 0 amide bonds. The summed E-state index contributed by atoms with van der Waals surface area (Å²) in [6, 6.07) is 0. The van der Waals surface area contributed by atoms with E-state index in [0.29, 0.717) is 5.92 Å². The van der Waals surface area contributed by atoms with Crippen molar-refractivity contribution in [2.75, 3.05) is 13.3 Å². The molecular weight excluding hydrogens is 204 g/mol. The Bertz CT molecular complexity index is 200. The molecule has 0 aliphatic carbocycles. The minimum absolute atomic E-state index is 0.544. The zero-order valence-electron chi connectivity index (χ0n) is 10.5. The third-order valence-corrected chi connectivity index (χ3v) is 2.86. The first kappa shape index (κ1) is 14.7. The molecule has 2 nitrogen and oxygen atoms in total. The SMILES string of the molecule is CCCCCCC(C)C(/C=N\SC)=N/C. The molecule has 1 unspecified atom stereocenters. The number of hydrogen-bond donors (Lipinski definition) is 0. The molecule has 0 radical (unpaired) electrons. The van der Waals surface area contributed by atoms with Crippen molar-refractivity contribution in [1.29, 1.82) is 0 Å². The average Bonchev–Trinajstić information content (AvgIpc) is 2.25. The normalized spacial score (nSPS) is 14.8. The Morgan fingerprint density at radius 1 is 1.33 bits per heavy atom. The summed E-state index contributed by atoms with van der Waals surface area (Å²) in [6.45, 7) is 4.48. The van der Waals surface area contributed by atoms with Crippen LogP contribution in [0.5, 0.6) is 0 Å². The van der Waals surface area contributed by atoms with Crippen molar-refractivity contribution in [3.05, 3.63) is 0 Å². The van der Waals surface area contributed by atoms with Gasteiger partial charge in [0.25, 0.3) is 0 Å². The molecule has 0 rings (SSSR count). The molecule has 0 aromatic rings. The molecular formula is C12H24N2S. The standard InChI is InChI=1S/C12H24N2S/c1-5-6-7-8-9-11(2)12(13-3)10-14-15-4/h10-11H,5-9H2,1-4H3/b13-12+,14-10-. The largest absolute Gasteiger partial charge is 0.291 e. The Balaban J connectivity index is 3.84. The lowest BCUT2D eigenvalue weighted by atomic mass is 9.98. The summed E-state index contributed by atoms with van der Waals surface area (Å²) < 4.78 is 4.17. The van der Waals surface area contributed by atoms with Crippen LogP contribution in [-0.2, 0) is 0 Å². The molecule has 0 N–H and O–H groups in total. The summed E-state index contributed by atoms with van der Waals surface area (Å²) in [4.78, 5) is 4.28. The highest BCUT2D eigenvalue weighted by Gasteiger charge is 2.07. The molecule has 0 aliphatic heterocycles. The lowest BCUT2D eigenvalue weighted by Crippen LogP contribution is -2.12. The van der Waals surface area contributed by atoms with Gasteiger partial charge >= 0.3 is 0 Å². The van der Waals surface area contributed by atoms with Crippen LogP contribution in [0.3, 0.4) is 0 Å². The zero-order chi connectivity index (χ0) is 11.5. The molecule has 0 heterocycles. The first-order valence-electron chi connectivity index (χ1n) is 5.79. The summed E-state index contributed by atoms with van der Waals surface area (Å²) in [5.74, 6) is 0.544. The molecule has 0 spiro atoms. The van der Waals surface area contributed by atoms with Gasteiger partial charge in [0.05, 0.1) is 11.9 Å². The molecule has 3 heteroatoms. The number of hydrogen-bond acceptors (Lipinski definition) is 3. The van der Waals surface area contributed by atoms with Crippen molar-refractivity contribution >= 4 is 23.9 Å². The van der Waals surface area contributed by atoms with Crippen molar-refractivity contribution in [1.82, 2.24) is 0 Å². The fourth-order valence-corrected chi connectivity index (χ4v) is 1.75. The maximum Gasteiger partial charge on any atom is 0.0564 e. The van der Waals surface area contributed by atoms with Gasteiger partial charge in [-0.05, 0) is 24.3 Å². The smallest absolute Gasteiger partial charge is 0.0564 e. The van der Waals surface area contributed by atoms with Crippen LogP contribution in [0.4, 0.5) is 0 Å². The van der Waals surface area contributed by atoms with Gasteiger partial charge in [-0.15, -0.1) is 0 Å². The van der Waals surface area contributed by atoms with E-state index in [9.17, 15) is 0 Å². The summed E-state index contributed by atoms with van der Waals surface area (Å²) in [5, 5.41) is 0. The Kier molecular flexibility index (Phi) is 10.0. The monoisotopic (exact) mass is 228 g/mol. The lowest BCUT2D eigenvalue weighted by Gasteiger charge is -2.10. The number of aliphatic imine (C=N–C) groups is 1. The molecule has 0 aromatic heterocycles. The number of rotatable bonds is 8. The fourth-order valence-electron chi connectivity index (χ4n) is 1.54. The van der Waals surface area contributed by atoms with E-state index >= 15 is 0 Å². The van der Waals surface area contributed by atoms with Gasteiger partial charge in [-0.25, -0.2) is 4.40 Å². The van der Waals surface area contributed by atoms with E-state index < -0.39 is 0 Å². The second kappa shape index (κ2) is 10.2. The van der Waals surface area contributed by atoms with E-state index in [1.54, 1.807) is 0 Å². The Hall–Kier alpha value is -0.310. The predicted molar refractivity (Wildman–Crippen MR) is 73.3 cm³/mol. The van der Waals surface area contributed by atoms with Crippen LogP contribution in [0, 0.1) is 5.92 Å². The van der Waals surface area contributed by atoms with Gasteiger partial charge in [0, 0.05) is 13.3 Å². The van der Waals surface area contributed by atoms with E-state index in [4.69, 9.17) is 0 Å². The van der Waals surface area contributed by atoms with Gasteiger partial charge in [0.1, 0.15) is 0 Å². The van der Waals surface area contributed by atoms with Crippen LogP contribution in [0.15, 0.2) is 9.39 Å². The second-order valence-corrected chi connectivity index (χ2v) is 4.39. The Morgan fingerprint density at radius 3 is 2.60 bits per heavy atom. The van der Waals surface area contributed by atoms with Gasteiger partial charge in [0.15, 0.2) is 0 Å². The molecule has 1 atom stereocenters. The topological polar surface area (TPSA) is 24.7 Å². The molecule has 0 saturated heterocycles. The van der Waals surface area contributed by atoms with Gasteiger partial charge < -0.3 is 0 Å². The van der Waals surface area contributed by atoms with Gasteiger partial charge in [0.2, 0.25) is 0 Å². The maximum atomic E-state index is 4.28. The van der Waals surface area contributed by atoms with E-state index in [-0.39, 0.29) is 0 Å². The van der Waals surface area contributed by atoms with Crippen LogP contribution >= 0.6 is 11.9 Å². The van der Waals surface area contributed by atoms with Crippen LogP contribution in [0.1, 0.15) is 46.0 Å². The number of unbranched alkanes of at least 4 members (excludes halogenated alkanes) is 3. The highest BCUT2D eigenvalue weighted by Crippen LogP contribution is 2.12. The van der Waals surface area contributed by atoms with Crippen LogP contribution in [0.25, 0.3) is 0 Å². The molecule has 0 saturated carbocycles. The molecule has 88 valence electrons. The second-order valence-electron chi connectivity index (χ2n) is 3.82. The molecule has 0 fully saturated rings. The van der Waals surface area contributed by atoms with E-state index in [1.807, 2.05) is 19.5 Å². The van der Waals surface area contributed by atoms with Crippen LogP contribution in [0.2, 0.25) is 0 Å². The highest BCUT2D eigenvalue weighted by atomic mass is 32.2. The van der Waals surface area contributed by atoms with Gasteiger partial charge in [-0.3, -0.25) is 4.99 Å². The quantitative estimate of drug-likeness (QED) is 0.350. The molecule has 0 bridgehead atoms. The first-order chi connectivity index (χ1) is 7.26. The van der Waals surface area contributed by atoms with Gasteiger partial charge in [-0.1, -0.05) is 39.5 Å². The third-order valence-electron chi connectivity index (χ3n) is 2.54. The Morgan fingerprint density at radius 2 is 2.07 bits per heavy atom. The van der Waals surface area contributed by atoms with Crippen LogP contribution in [-0.4, -0.2) is 25.2 Å². The zero-order valence-corrected chi connectivity index (χ0v) is 11.3. The third kappa shape index (κ3) is 7.60. The van der Waals surface area contributed by atoms with Crippen molar-refractivity contribution < 1.29 is 0 Å². The summed E-state index contributed by atoms with van der Waals surface area (Å²) >= 11 is 1.48. The van der Waals surface area contributed by atoms with Crippen molar-refractivity contribution in [3.8, 4) is 0 Å².